The average Bonchev–Trinajstić information content (AvgIpc) is 3.79. The molecule has 0 spiro atoms. The Bertz CT molecular complexity index is 1270. The summed E-state index contributed by atoms with van der Waals surface area (Å²) in [7, 11) is 0. The van der Waals surface area contributed by atoms with E-state index < -0.39 is 11.8 Å². The second-order valence-corrected chi connectivity index (χ2v) is 10.0. The van der Waals surface area contributed by atoms with Crippen molar-refractivity contribution in [3.8, 4) is 6.07 Å². The molecule has 1 unspecified atom stereocenters. The lowest BCUT2D eigenvalue weighted by Gasteiger charge is -2.33. The molecule has 1 saturated carbocycles. The number of morpholine rings is 1. The first kappa shape index (κ1) is 26.3. The maximum atomic E-state index is 12.7. The standard InChI is InChI=1S/C26H31N9O4/c27-14-20(16-3-4-16)24(37)30-19-2-1-9-35(15-19)26-31-23(21(22(28)36)32-33-26)29-18-7-5-17(6-8-18)25(38)34-10-12-39-13-11-34/h5-8,16,19-20H,1-4,9-13,15H2,(H2,28,36)(H,30,37)(H,29,31,33)/t19-,20?/m1/s1. The van der Waals surface area contributed by atoms with Crippen LogP contribution in [-0.4, -0.2) is 83.2 Å². The molecule has 4 N–H and O–H groups in total. The van der Waals surface area contributed by atoms with Gasteiger partial charge in [-0.05, 0) is 55.9 Å². The van der Waals surface area contributed by atoms with E-state index >= 15 is 0 Å². The second kappa shape index (κ2) is 11.6. The van der Waals surface area contributed by atoms with E-state index in [4.69, 9.17) is 10.5 Å². The molecule has 204 valence electrons. The Morgan fingerprint density at radius 3 is 2.49 bits per heavy atom. The summed E-state index contributed by atoms with van der Waals surface area (Å²) < 4.78 is 5.31. The normalized spacial score (nSPS) is 20.0. The third-order valence-corrected chi connectivity index (χ3v) is 7.17. The molecule has 1 aromatic carbocycles. The number of carbonyl (C=O) groups excluding carboxylic acids is 3. The summed E-state index contributed by atoms with van der Waals surface area (Å²) >= 11 is 0. The number of aromatic nitrogens is 3. The zero-order valence-corrected chi connectivity index (χ0v) is 21.5. The molecule has 0 bridgehead atoms. The number of nitrogens with one attached hydrogen (secondary N) is 2. The first-order valence-electron chi connectivity index (χ1n) is 13.2. The molecule has 3 amide bonds. The van der Waals surface area contributed by atoms with Crippen LogP contribution >= 0.6 is 0 Å². The topological polar surface area (TPSA) is 179 Å². The number of ether oxygens (including phenoxy) is 1. The SMILES string of the molecule is N#CC(C(=O)N[C@@H]1CCCN(c2nnc(C(N)=O)c(Nc3ccc(C(=O)N4CCOCC4)cc3)n2)C1)C1CC1. The number of rotatable bonds is 8. The number of piperidine rings is 1. The van der Waals surface area contributed by atoms with Crippen LogP contribution in [0.5, 0.6) is 0 Å². The first-order valence-corrected chi connectivity index (χ1v) is 13.2. The van der Waals surface area contributed by atoms with Gasteiger partial charge in [0, 0.05) is 43.5 Å². The summed E-state index contributed by atoms with van der Waals surface area (Å²) in [6, 6.07) is 8.82. The molecule has 3 heterocycles. The van der Waals surface area contributed by atoms with Crippen LogP contribution in [0.1, 0.15) is 46.5 Å². The van der Waals surface area contributed by atoms with Crippen molar-refractivity contribution in [2.24, 2.45) is 17.6 Å². The van der Waals surface area contributed by atoms with Gasteiger partial charge >= 0.3 is 0 Å². The highest BCUT2D eigenvalue weighted by molar-refractivity contribution is 5.97. The average molecular weight is 534 g/mol. The van der Waals surface area contributed by atoms with Gasteiger partial charge in [0.1, 0.15) is 5.92 Å². The zero-order chi connectivity index (χ0) is 27.4. The van der Waals surface area contributed by atoms with E-state index in [1.165, 1.54) is 0 Å². The van der Waals surface area contributed by atoms with E-state index in [-0.39, 0.29) is 35.3 Å². The Hall–Kier alpha value is -4.31. The van der Waals surface area contributed by atoms with Crippen molar-refractivity contribution >= 4 is 35.2 Å². The number of benzene rings is 1. The Balaban J connectivity index is 1.28. The van der Waals surface area contributed by atoms with Gasteiger partial charge < -0.3 is 30.9 Å². The highest BCUT2D eigenvalue weighted by Gasteiger charge is 2.37. The third-order valence-electron chi connectivity index (χ3n) is 7.17. The highest BCUT2D eigenvalue weighted by atomic mass is 16.5. The van der Waals surface area contributed by atoms with Crippen LogP contribution in [0.3, 0.4) is 0 Å². The summed E-state index contributed by atoms with van der Waals surface area (Å²) in [5.74, 6) is -1.10. The number of nitriles is 1. The van der Waals surface area contributed by atoms with Crippen molar-refractivity contribution in [2.75, 3.05) is 49.6 Å². The van der Waals surface area contributed by atoms with Crippen LogP contribution in [0.25, 0.3) is 0 Å². The fourth-order valence-electron chi connectivity index (χ4n) is 4.86. The predicted molar refractivity (Wildman–Crippen MR) is 140 cm³/mol. The van der Waals surface area contributed by atoms with Crippen molar-refractivity contribution in [1.29, 1.82) is 5.26 Å². The molecule has 2 aliphatic heterocycles. The van der Waals surface area contributed by atoms with E-state index in [1.54, 1.807) is 29.2 Å². The molecule has 0 radical (unpaired) electrons. The fraction of sp³-hybridized carbons (Fsp3) is 0.500. The van der Waals surface area contributed by atoms with Gasteiger partial charge in [0.15, 0.2) is 11.5 Å². The van der Waals surface area contributed by atoms with Gasteiger partial charge in [0.05, 0.1) is 19.3 Å². The smallest absolute Gasteiger partial charge is 0.273 e. The third kappa shape index (κ3) is 6.23. The van der Waals surface area contributed by atoms with Crippen LogP contribution in [0.15, 0.2) is 24.3 Å². The van der Waals surface area contributed by atoms with Crippen molar-refractivity contribution in [3.05, 3.63) is 35.5 Å². The lowest BCUT2D eigenvalue weighted by atomic mass is 10.0. The first-order chi connectivity index (χ1) is 18.9. The molecule has 39 heavy (non-hydrogen) atoms. The number of hydrogen-bond acceptors (Lipinski definition) is 10. The van der Waals surface area contributed by atoms with Crippen molar-refractivity contribution < 1.29 is 19.1 Å². The van der Waals surface area contributed by atoms with E-state index in [0.29, 0.717) is 56.6 Å². The molecular formula is C26H31N9O4. The van der Waals surface area contributed by atoms with Gasteiger partial charge in [0.2, 0.25) is 11.9 Å². The molecule has 3 aliphatic rings. The maximum absolute atomic E-state index is 12.7. The number of amides is 3. The molecule has 5 rings (SSSR count). The van der Waals surface area contributed by atoms with Gasteiger partial charge in [-0.3, -0.25) is 14.4 Å². The Kier molecular flexibility index (Phi) is 7.83. The minimum Gasteiger partial charge on any atom is -0.378 e. The lowest BCUT2D eigenvalue weighted by molar-refractivity contribution is -0.124. The van der Waals surface area contributed by atoms with Crippen molar-refractivity contribution in [1.82, 2.24) is 25.4 Å². The monoisotopic (exact) mass is 533 g/mol. The Morgan fingerprint density at radius 2 is 1.82 bits per heavy atom. The largest absolute Gasteiger partial charge is 0.378 e. The van der Waals surface area contributed by atoms with Crippen LogP contribution in [-0.2, 0) is 9.53 Å². The van der Waals surface area contributed by atoms with Crippen LogP contribution in [0.4, 0.5) is 17.5 Å². The van der Waals surface area contributed by atoms with Crippen LogP contribution in [0, 0.1) is 23.2 Å². The molecule has 2 saturated heterocycles. The molecule has 2 aromatic rings. The maximum Gasteiger partial charge on any atom is 0.273 e. The van der Waals surface area contributed by atoms with E-state index in [2.05, 4.69) is 31.9 Å². The molecule has 13 heteroatoms. The molecular weight excluding hydrogens is 502 g/mol. The van der Waals surface area contributed by atoms with E-state index in [1.807, 2.05) is 4.90 Å². The van der Waals surface area contributed by atoms with Gasteiger partial charge in [0.25, 0.3) is 11.8 Å². The summed E-state index contributed by atoms with van der Waals surface area (Å²) in [6.07, 6.45) is 3.39. The Morgan fingerprint density at radius 1 is 1.08 bits per heavy atom. The molecule has 2 atom stereocenters. The number of primary amides is 1. The summed E-state index contributed by atoms with van der Waals surface area (Å²) in [6.45, 7) is 3.24. The summed E-state index contributed by atoms with van der Waals surface area (Å²) in [5.41, 5.74) is 6.54. The number of hydrogen-bond donors (Lipinski definition) is 3. The fourth-order valence-corrected chi connectivity index (χ4v) is 4.86. The summed E-state index contributed by atoms with van der Waals surface area (Å²) in [4.78, 5) is 45.5. The number of nitrogens with two attached hydrogens (primary N) is 1. The molecule has 13 nitrogen and oxygen atoms in total. The quantitative estimate of drug-likeness (QED) is 0.440. The number of nitrogens with zero attached hydrogens (tertiary/aromatic N) is 6. The zero-order valence-electron chi connectivity index (χ0n) is 21.5. The van der Waals surface area contributed by atoms with Crippen LogP contribution in [0.2, 0.25) is 0 Å². The lowest BCUT2D eigenvalue weighted by Crippen LogP contribution is -2.50. The van der Waals surface area contributed by atoms with Gasteiger partial charge in [-0.15, -0.1) is 10.2 Å². The minimum atomic E-state index is -0.783. The minimum absolute atomic E-state index is 0.0707. The molecule has 1 aromatic heterocycles. The van der Waals surface area contributed by atoms with Gasteiger partial charge in [-0.25, -0.2) is 0 Å². The predicted octanol–water partition coefficient (Wildman–Crippen LogP) is 0.821. The van der Waals surface area contributed by atoms with Crippen LogP contribution < -0.4 is 21.3 Å². The Labute approximate surface area is 225 Å². The molecule has 1 aliphatic carbocycles. The summed E-state index contributed by atoms with van der Waals surface area (Å²) in [5, 5.41) is 23.6. The van der Waals surface area contributed by atoms with E-state index in [0.717, 1.165) is 25.7 Å². The van der Waals surface area contributed by atoms with Crippen molar-refractivity contribution in [2.45, 2.75) is 31.7 Å². The van der Waals surface area contributed by atoms with Gasteiger partial charge in [-0.1, -0.05) is 0 Å². The van der Waals surface area contributed by atoms with E-state index in [9.17, 15) is 19.6 Å². The van der Waals surface area contributed by atoms with Crippen molar-refractivity contribution in [3.63, 3.8) is 0 Å². The second-order valence-electron chi connectivity index (χ2n) is 10.0. The van der Waals surface area contributed by atoms with Gasteiger partial charge in [-0.2, -0.15) is 10.2 Å². The highest BCUT2D eigenvalue weighted by Crippen LogP contribution is 2.36. The molecule has 3 fully saturated rings. The number of carbonyl (C=O) groups is 3. The number of anilines is 3.